The van der Waals surface area contributed by atoms with Gasteiger partial charge in [-0.1, -0.05) is 19.1 Å². The molecule has 1 aromatic carbocycles. The molecule has 2 saturated heterocycles. The van der Waals surface area contributed by atoms with Crippen LogP contribution in [0.4, 0.5) is 0 Å². The van der Waals surface area contributed by atoms with Gasteiger partial charge in [-0.15, -0.1) is 0 Å². The number of fused-ring (bicyclic) bond motifs is 1. The Bertz CT molecular complexity index is 672. The molecule has 2 atom stereocenters. The molecule has 0 N–H and O–H groups in total. The molecule has 6 nitrogen and oxygen atoms in total. The highest BCUT2D eigenvalue weighted by Crippen LogP contribution is 2.37. The van der Waals surface area contributed by atoms with Gasteiger partial charge in [0.05, 0.1) is 11.6 Å². The number of carbonyl (C=O) groups is 1. The number of carbonyl (C=O) groups excluding carboxylic acids is 1. The van der Waals surface area contributed by atoms with Crippen molar-refractivity contribution in [2.45, 2.75) is 50.4 Å². The molecule has 0 bridgehead atoms. The molecule has 6 heteroatoms. The lowest BCUT2D eigenvalue weighted by molar-refractivity contribution is -0.186. The molecule has 1 aromatic rings. The van der Waals surface area contributed by atoms with Gasteiger partial charge in [0.15, 0.2) is 11.5 Å². The van der Waals surface area contributed by atoms with E-state index >= 15 is 0 Å². The summed E-state index contributed by atoms with van der Waals surface area (Å²) in [6.07, 6.45) is 3.96. The predicted molar refractivity (Wildman–Crippen MR) is 102 cm³/mol. The molecule has 0 radical (unpaired) electrons. The van der Waals surface area contributed by atoms with Crippen LogP contribution in [0, 0.1) is 0 Å². The second kappa shape index (κ2) is 7.68. The molecule has 1 spiro atoms. The molecule has 3 heterocycles. The number of morpholine rings is 1. The van der Waals surface area contributed by atoms with Gasteiger partial charge >= 0.3 is 0 Å². The van der Waals surface area contributed by atoms with Crippen LogP contribution in [-0.2, 0) is 9.53 Å². The number of amides is 1. The molecular formula is C21H30N2O4. The number of benzene rings is 1. The average Bonchev–Trinajstić information content (AvgIpc) is 2.71. The molecule has 0 saturated carbocycles. The van der Waals surface area contributed by atoms with E-state index in [1.165, 1.54) is 0 Å². The lowest BCUT2D eigenvalue weighted by Gasteiger charge is -2.51. The Morgan fingerprint density at radius 2 is 1.93 bits per heavy atom. The third-order valence-electron chi connectivity index (χ3n) is 6.38. The predicted octanol–water partition coefficient (Wildman–Crippen LogP) is 2.32. The Balaban J connectivity index is 1.28. The van der Waals surface area contributed by atoms with E-state index < -0.39 is 0 Å². The molecule has 1 amide bonds. The fourth-order valence-corrected chi connectivity index (χ4v) is 4.74. The van der Waals surface area contributed by atoms with Gasteiger partial charge in [-0.2, -0.15) is 0 Å². The first-order chi connectivity index (χ1) is 13.1. The standard InChI is InChI=1S/C21H30N2O4/c1-3-19-21(26-15-20(24)22(19)2)9-12-23(13-10-21)11-8-16-14-25-17-6-4-5-7-18(17)27-16/h4-7,16,19H,3,8-15H2,1-2H3. The molecule has 27 heavy (non-hydrogen) atoms. The van der Waals surface area contributed by atoms with Crippen molar-refractivity contribution in [3.8, 4) is 11.5 Å². The van der Waals surface area contributed by atoms with Crippen molar-refractivity contribution in [3.63, 3.8) is 0 Å². The van der Waals surface area contributed by atoms with E-state index in [1.54, 1.807) is 0 Å². The van der Waals surface area contributed by atoms with Crippen LogP contribution in [0.1, 0.15) is 32.6 Å². The summed E-state index contributed by atoms with van der Waals surface area (Å²) in [5.41, 5.74) is -0.169. The van der Waals surface area contributed by atoms with Crippen LogP contribution in [0.2, 0.25) is 0 Å². The molecule has 3 aliphatic heterocycles. The van der Waals surface area contributed by atoms with Gasteiger partial charge in [-0.25, -0.2) is 0 Å². The largest absolute Gasteiger partial charge is 0.486 e. The second-order valence-corrected chi connectivity index (χ2v) is 7.91. The summed E-state index contributed by atoms with van der Waals surface area (Å²) in [7, 11) is 1.92. The van der Waals surface area contributed by atoms with Gasteiger partial charge in [0, 0.05) is 33.1 Å². The lowest BCUT2D eigenvalue weighted by Crippen LogP contribution is -2.63. The van der Waals surface area contributed by atoms with Crippen molar-refractivity contribution in [2.75, 3.05) is 39.9 Å². The summed E-state index contributed by atoms with van der Waals surface area (Å²) in [4.78, 5) is 16.4. The van der Waals surface area contributed by atoms with Crippen molar-refractivity contribution >= 4 is 5.91 Å². The molecule has 2 fully saturated rings. The zero-order valence-electron chi connectivity index (χ0n) is 16.4. The fourth-order valence-electron chi connectivity index (χ4n) is 4.74. The monoisotopic (exact) mass is 374 g/mol. The van der Waals surface area contributed by atoms with Crippen LogP contribution in [0.3, 0.4) is 0 Å². The molecule has 3 aliphatic rings. The number of piperidine rings is 1. The maximum Gasteiger partial charge on any atom is 0.248 e. The Morgan fingerprint density at radius 3 is 2.67 bits per heavy atom. The number of rotatable bonds is 4. The van der Waals surface area contributed by atoms with E-state index in [1.807, 2.05) is 36.2 Å². The normalized spacial score (nSPS) is 27.8. The molecule has 0 aliphatic carbocycles. The molecular weight excluding hydrogens is 344 g/mol. The molecule has 2 unspecified atom stereocenters. The minimum Gasteiger partial charge on any atom is -0.486 e. The minimum absolute atomic E-state index is 0.102. The van der Waals surface area contributed by atoms with Crippen molar-refractivity contribution in [1.82, 2.24) is 9.80 Å². The third-order valence-corrected chi connectivity index (χ3v) is 6.38. The number of nitrogens with zero attached hydrogens (tertiary/aromatic N) is 2. The van der Waals surface area contributed by atoms with Crippen LogP contribution < -0.4 is 9.47 Å². The first-order valence-electron chi connectivity index (χ1n) is 10.1. The first kappa shape index (κ1) is 18.6. The van der Waals surface area contributed by atoms with Gasteiger partial charge in [0.25, 0.3) is 0 Å². The Morgan fingerprint density at radius 1 is 1.19 bits per heavy atom. The van der Waals surface area contributed by atoms with Gasteiger partial charge in [0.2, 0.25) is 5.91 Å². The van der Waals surface area contributed by atoms with Gasteiger partial charge in [-0.3, -0.25) is 4.79 Å². The van der Waals surface area contributed by atoms with E-state index in [4.69, 9.17) is 14.2 Å². The van der Waals surface area contributed by atoms with Crippen LogP contribution in [-0.4, -0.2) is 73.3 Å². The van der Waals surface area contributed by atoms with Gasteiger partial charge < -0.3 is 24.0 Å². The number of ether oxygens (including phenoxy) is 3. The minimum atomic E-state index is -0.169. The maximum absolute atomic E-state index is 12.0. The van der Waals surface area contributed by atoms with Crippen LogP contribution >= 0.6 is 0 Å². The summed E-state index contributed by atoms with van der Waals surface area (Å²) < 4.78 is 18.0. The Hall–Kier alpha value is -1.79. The Labute approximate surface area is 161 Å². The van der Waals surface area contributed by atoms with E-state index in [-0.39, 0.29) is 30.3 Å². The quantitative estimate of drug-likeness (QED) is 0.810. The van der Waals surface area contributed by atoms with E-state index in [0.29, 0.717) is 6.61 Å². The summed E-state index contributed by atoms with van der Waals surface area (Å²) in [5.74, 6) is 1.79. The summed E-state index contributed by atoms with van der Waals surface area (Å²) in [6, 6.07) is 8.05. The van der Waals surface area contributed by atoms with Crippen LogP contribution in [0.5, 0.6) is 11.5 Å². The number of likely N-dealkylation sites (tertiary alicyclic amines) is 1. The topological polar surface area (TPSA) is 51.2 Å². The fraction of sp³-hybridized carbons (Fsp3) is 0.667. The lowest BCUT2D eigenvalue weighted by atomic mass is 9.80. The maximum atomic E-state index is 12.0. The van der Waals surface area contributed by atoms with E-state index in [0.717, 1.165) is 56.8 Å². The highest BCUT2D eigenvalue weighted by atomic mass is 16.6. The van der Waals surface area contributed by atoms with Gasteiger partial charge in [0.1, 0.15) is 19.3 Å². The third kappa shape index (κ3) is 3.65. The second-order valence-electron chi connectivity index (χ2n) is 7.91. The van der Waals surface area contributed by atoms with Crippen molar-refractivity contribution < 1.29 is 19.0 Å². The van der Waals surface area contributed by atoms with Crippen molar-refractivity contribution in [2.24, 2.45) is 0 Å². The number of likely N-dealkylation sites (N-methyl/N-ethyl adjacent to an activating group) is 1. The van der Waals surface area contributed by atoms with E-state index in [9.17, 15) is 4.79 Å². The van der Waals surface area contributed by atoms with E-state index in [2.05, 4.69) is 11.8 Å². The molecule has 0 aromatic heterocycles. The van der Waals surface area contributed by atoms with Crippen LogP contribution in [0.25, 0.3) is 0 Å². The number of hydrogen-bond acceptors (Lipinski definition) is 5. The number of para-hydroxylation sites is 2. The zero-order valence-corrected chi connectivity index (χ0v) is 16.4. The summed E-state index contributed by atoms with van der Waals surface area (Å²) in [6.45, 7) is 5.99. The van der Waals surface area contributed by atoms with Crippen molar-refractivity contribution in [3.05, 3.63) is 24.3 Å². The molecule has 4 rings (SSSR count). The number of hydrogen-bond donors (Lipinski definition) is 0. The zero-order chi connectivity index (χ0) is 18.9. The SMILES string of the molecule is CCC1N(C)C(=O)COC12CCN(CCC1COc3ccccc3O1)CC2. The summed E-state index contributed by atoms with van der Waals surface area (Å²) >= 11 is 0. The highest BCUT2D eigenvalue weighted by molar-refractivity contribution is 5.78. The Kier molecular flexibility index (Phi) is 5.28. The van der Waals surface area contributed by atoms with Gasteiger partial charge in [-0.05, 0) is 31.4 Å². The smallest absolute Gasteiger partial charge is 0.248 e. The molecule has 148 valence electrons. The highest BCUT2D eigenvalue weighted by Gasteiger charge is 2.48. The first-order valence-corrected chi connectivity index (χ1v) is 10.1. The van der Waals surface area contributed by atoms with Crippen molar-refractivity contribution in [1.29, 1.82) is 0 Å². The average molecular weight is 374 g/mol. The van der Waals surface area contributed by atoms with Crippen LogP contribution in [0.15, 0.2) is 24.3 Å². The summed E-state index contributed by atoms with van der Waals surface area (Å²) in [5, 5.41) is 0.